The number of nitrogens with one attached hydrogen (secondary N) is 2. The molecule has 5 N–H and O–H groups in total. The fourth-order valence-corrected chi connectivity index (χ4v) is 3.40. The number of hydrogen-bond acceptors (Lipinski definition) is 5. The number of aromatic amines is 2. The second-order valence-electron chi connectivity index (χ2n) is 8.39. The molecule has 0 spiro atoms. The summed E-state index contributed by atoms with van der Waals surface area (Å²) >= 11 is 0. The van der Waals surface area contributed by atoms with Crippen LogP contribution in [-0.2, 0) is 22.4 Å². The first-order valence-corrected chi connectivity index (χ1v) is 12.3. The summed E-state index contributed by atoms with van der Waals surface area (Å²) in [7, 11) is 3.25. The van der Waals surface area contributed by atoms with Crippen LogP contribution in [0.25, 0.3) is 21.8 Å². The fraction of sp³-hybridized carbons (Fsp3) is 0.355. The average Bonchev–Trinajstić information content (AvgIpc) is 3.57. The van der Waals surface area contributed by atoms with Crippen LogP contribution in [0.15, 0.2) is 73.1 Å². The first kappa shape index (κ1) is 26.3. The van der Waals surface area contributed by atoms with Gasteiger partial charge in [-0.05, 0) is 71.1 Å². The number of aliphatic hydroxyl groups is 1. The molecule has 0 fully saturated rings. The van der Waals surface area contributed by atoms with E-state index in [0.29, 0.717) is 25.2 Å². The lowest BCUT2D eigenvalue weighted by Gasteiger charge is -2.07. The molecular formula is C31H46N4O5. The van der Waals surface area contributed by atoms with E-state index in [0.717, 1.165) is 35.0 Å². The van der Waals surface area contributed by atoms with Crippen molar-refractivity contribution in [2.45, 2.75) is 27.2 Å². The number of rotatable bonds is 8. The number of carbonyl (C=O) groups is 2. The highest BCUT2D eigenvalue weighted by atomic mass is 16.4. The summed E-state index contributed by atoms with van der Waals surface area (Å²) in [5.74, 6) is -2.51. The molecule has 0 amide bonds. The number of carboxylic acid groups (broad SMARTS) is 2. The second kappa shape index (κ2) is 20.0. The molecule has 4 aromatic rings. The highest BCUT2D eigenvalue weighted by molar-refractivity contribution is 5.89. The maximum Gasteiger partial charge on any atom is 0.328 e. The van der Waals surface area contributed by atoms with E-state index < -0.39 is 25.9 Å². The maximum atomic E-state index is 9.55. The van der Waals surface area contributed by atoms with Gasteiger partial charge in [0.1, 0.15) is 0 Å². The largest absolute Gasteiger partial charge is 0.478 e. The van der Waals surface area contributed by atoms with Crippen molar-refractivity contribution in [2.24, 2.45) is 0 Å². The Morgan fingerprint density at radius 3 is 1.48 bits per heavy atom. The average molecular weight is 561 g/mol. The number of nitrogens with zero attached hydrogens (tertiary/aromatic N) is 2. The SMILES string of the molecule is C.CCO.O=C(O)/C=C/C(=O)O.[2H]C([2H])([2H])N(C)CCc1c[nH]c2ccccc12.[2H]C([2H])([2H])N(C)CCc1c[nH]c2ccccc12. The normalized spacial score (nSPS) is 13.2. The molecule has 9 nitrogen and oxygen atoms in total. The van der Waals surface area contributed by atoms with Crippen LogP contribution in [0.5, 0.6) is 0 Å². The molecule has 0 bridgehead atoms. The number of fused-ring (bicyclic) bond motifs is 2. The molecule has 9 heteroatoms. The predicted octanol–water partition coefficient (Wildman–Crippen LogP) is 4.89. The Kier molecular flexibility index (Phi) is 13.2. The molecule has 0 aliphatic heterocycles. The van der Waals surface area contributed by atoms with Crippen molar-refractivity contribution < 1.29 is 33.1 Å². The topological polar surface area (TPSA) is 133 Å². The zero-order valence-electron chi connectivity index (χ0n) is 28.5. The molecule has 0 saturated carbocycles. The van der Waals surface area contributed by atoms with Gasteiger partial charge in [-0.3, -0.25) is 0 Å². The van der Waals surface area contributed by atoms with Gasteiger partial charge in [-0.2, -0.15) is 0 Å². The number of aliphatic hydroxyl groups excluding tert-OH is 1. The maximum absolute atomic E-state index is 9.55. The Balaban J connectivity index is 0.000000662. The van der Waals surface area contributed by atoms with E-state index in [9.17, 15) is 9.59 Å². The van der Waals surface area contributed by atoms with Crippen molar-refractivity contribution in [3.63, 3.8) is 0 Å². The number of aliphatic carboxylic acids is 2. The highest BCUT2D eigenvalue weighted by Gasteiger charge is 2.03. The number of likely N-dealkylation sites (N-methyl/N-ethyl adjacent to an activating group) is 2. The van der Waals surface area contributed by atoms with Crippen LogP contribution < -0.4 is 0 Å². The van der Waals surface area contributed by atoms with Crippen LogP contribution in [0.2, 0.25) is 0 Å². The smallest absolute Gasteiger partial charge is 0.328 e. The number of aromatic nitrogens is 2. The molecule has 2 aromatic heterocycles. The van der Waals surface area contributed by atoms with Gasteiger partial charge in [0.2, 0.25) is 0 Å². The Morgan fingerprint density at radius 2 is 1.15 bits per heavy atom. The van der Waals surface area contributed by atoms with Crippen LogP contribution in [0.3, 0.4) is 0 Å². The fourth-order valence-electron chi connectivity index (χ4n) is 3.40. The number of benzene rings is 2. The second-order valence-corrected chi connectivity index (χ2v) is 8.39. The van der Waals surface area contributed by atoms with Crippen LogP contribution in [0.4, 0.5) is 0 Å². The third kappa shape index (κ3) is 14.3. The third-order valence-electron chi connectivity index (χ3n) is 5.15. The molecule has 220 valence electrons. The van der Waals surface area contributed by atoms with E-state index in [2.05, 4.69) is 22.1 Å². The zero-order valence-corrected chi connectivity index (χ0v) is 22.5. The Labute approximate surface area is 246 Å². The zero-order chi connectivity index (χ0) is 34.2. The van der Waals surface area contributed by atoms with Gasteiger partial charge < -0.3 is 35.1 Å². The summed E-state index contributed by atoms with van der Waals surface area (Å²) < 4.78 is 43.7. The minimum Gasteiger partial charge on any atom is -0.478 e. The monoisotopic (exact) mass is 560 g/mol. The van der Waals surface area contributed by atoms with Crippen molar-refractivity contribution in [3.05, 3.63) is 84.2 Å². The molecule has 40 heavy (non-hydrogen) atoms. The lowest BCUT2D eigenvalue weighted by Crippen LogP contribution is -2.14. The van der Waals surface area contributed by atoms with Crippen molar-refractivity contribution in [1.29, 1.82) is 0 Å². The molecular weight excluding hydrogens is 508 g/mol. The lowest BCUT2D eigenvalue weighted by molar-refractivity contribution is -0.134. The van der Waals surface area contributed by atoms with Crippen LogP contribution in [-0.4, -0.2) is 94.8 Å². The van der Waals surface area contributed by atoms with Crippen molar-refractivity contribution in [1.82, 2.24) is 19.8 Å². The first-order valence-electron chi connectivity index (χ1n) is 15.3. The summed E-state index contributed by atoms with van der Waals surface area (Å²) in [4.78, 5) is 28.3. The highest BCUT2D eigenvalue weighted by Crippen LogP contribution is 2.18. The van der Waals surface area contributed by atoms with E-state index in [1.165, 1.54) is 20.6 Å². The quantitative estimate of drug-likeness (QED) is 0.194. The predicted molar refractivity (Wildman–Crippen MR) is 165 cm³/mol. The van der Waals surface area contributed by atoms with Crippen LogP contribution >= 0.6 is 0 Å². The van der Waals surface area contributed by atoms with Crippen LogP contribution in [0, 0.1) is 0 Å². The number of para-hydroxylation sites is 2. The minimum absolute atomic E-state index is 0. The van der Waals surface area contributed by atoms with E-state index in [1.54, 1.807) is 21.0 Å². The van der Waals surface area contributed by atoms with Gasteiger partial charge in [-0.25, -0.2) is 9.59 Å². The van der Waals surface area contributed by atoms with Crippen molar-refractivity contribution in [2.75, 3.05) is 47.7 Å². The van der Waals surface area contributed by atoms with Gasteiger partial charge in [0.15, 0.2) is 0 Å². The Morgan fingerprint density at radius 1 is 0.800 bits per heavy atom. The molecule has 2 heterocycles. The molecule has 0 aliphatic rings. The molecule has 2 aromatic carbocycles. The molecule has 0 unspecified atom stereocenters. The van der Waals surface area contributed by atoms with Gasteiger partial charge in [0, 0.05) is 74.3 Å². The first-order chi connectivity index (χ1) is 21.0. The van der Waals surface area contributed by atoms with Gasteiger partial charge in [0.05, 0.1) is 0 Å². The van der Waals surface area contributed by atoms with Gasteiger partial charge >= 0.3 is 11.9 Å². The molecule has 4 rings (SSSR count). The summed E-state index contributed by atoms with van der Waals surface area (Å²) in [5.41, 5.74) is 4.52. The third-order valence-corrected chi connectivity index (χ3v) is 5.15. The van der Waals surface area contributed by atoms with E-state index >= 15 is 0 Å². The van der Waals surface area contributed by atoms with Gasteiger partial charge in [-0.1, -0.05) is 43.8 Å². The molecule has 0 atom stereocenters. The van der Waals surface area contributed by atoms with Gasteiger partial charge in [-0.15, -0.1) is 0 Å². The standard InChI is InChI=1S/2C12H16N2.C4H4O4.C2H6O.CH4/c2*1-14(2)8-7-10-9-13-12-6-4-3-5-11(10)12;5-3(6)1-2-4(7)8;1-2-3;/h2*3-6,9,13H,7-8H2,1-2H3;1-2H,(H,5,6)(H,7,8);3H,2H2,1H3;1H4/b;;2-1+;;/i2*1D3;;;. The van der Waals surface area contributed by atoms with Crippen molar-refractivity contribution >= 4 is 33.7 Å². The lowest BCUT2D eigenvalue weighted by atomic mass is 10.1. The molecule has 0 aliphatic carbocycles. The van der Waals surface area contributed by atoms with E-state index in [4.69, 9.17) is 23.5 Å². The summed E-state index contributed by atoms with van der Waals surface area (Å²) in [5, 5.41) is 25.5. The molecule has 0 saturated heterocycles. The number of hydrogen-bond donors (Lipinski definition) is 5. The summed E-state index contributed by atoms with van der Waals surface area (Å²) in [6, 6.07) is 16.1. The van der Waals surface area contributed by atoms with Crippen LogP contribution in [0.1, 0.15) is 33.7 Å². The van der Waals surface area contributed by atoms with E-state index in [1.807, 2.05) is 48.8 Å². The Bertz CT molecular complexity index is 1390. The minimum atomic E-state index is -2.01. The summed E-state index contributed by atoms with van der Waals surface area (Å²) in [6.45, 7) is -1.03. The summed E-state index contributed by atoms with van der Waals surface area (Å²) in [6.07, 6.45) is 6.50. The number of carboxylic acids is 2. The van der Waals surface area contributed by atoms with E-state index in [-0.39, 0.29) is 14.0 Å². The van der Waals surface area contributed by atoms with Gasteiger partial charge in [0.25, 0.3) is 0 Å². The molecule has 0 radical (unpaired) electrons. The van der Waals surface area contributed by atoms with Crippen molar-refractivity contribution in [3.8, 4) is 0 Å². The number of H-pyrrole nitrogens is 2. The Hall–Kier alpha value is -3.92.